The average Bonchev–Trinajstić information content (AvgIpc) is 3.36. The molecule has 0 aliphatic carbocycles. The van der Waals surface area contributed by atoms with E-state index >= 15 is 0 Å². The number of nitrogens with zero attached hydrogens (tertiary/aromatic N) is 4. The van der Waals surface area contributed by atoms with E-state index in [-0.39, 0.29) is 17.8 Å². The molecule has 2 aromatic heterocycles. The van der Waals surface area contributed by atoms with Gasteiger partial charge in [0.05, 0.1) is 5.69 Å². The summed E-state index contributed by atoms with van der Waals surface area (Å²) in [6.07, 6.45) is 2.15. The number of hydrogen-bond acceptors (Lipinski definition) is 4. The maximum absolute atomic E-state index is 13.2. The van der Waals surface area contributed by atoms with Crippen LogP contribution in [0.4, 0.5) is 4.39 Å². The van der Waals surface area contributed by atoms with E-state index in [0.29, 0.717) is 18.8 Å². The van der Waals surface area contributed by atoms with Crippen LogP contribution in [-0.4, -0.2) is 44.5 Å². The highest BCUT2D eigenvalue weighted by Gasteiger charge is 2.27. The molecular formula is C25H32FN5O. The number of rotatable bonds is 7. The summed E-state index contributed by atoms with van der Waals surface area (Å²) in [5, 5.41) is 7.85. The normalized spacial score (nSPS) is 16.9. The highest BCUT2D eigenvalue weighted by atomic mass is 19.1. The van der Waals surface area contributed by atoms with Gasteiger partial charge in [-0.2, -0.15) is 5.10 Å². The van der Waals surface area contributed by atoms with Crippen molar-refractivity contribution in [2.24, 2.45) is 0 Å². The number of hydrogen-bond donors (Lipinski definition) is 1. The number of likely N-dealkylation sites (tertiary alicyclic amines) is 1. The summed E-state index contributed by atoms with van der Waals surface area (Å²) in [6.45, 7) is 10.8. The molecule has 4 rings (SSSR count). The number of carbonyl (C=O) groups is 1. The Morgan fingerprint density at radius 3 is 2.72 bits per heavy atom. The Kier molecular flexibility index (Phi) is 6.55. The van der Waals surface area contributed by atoms with Crippen LogP contribution in [0.25, 0.3) is 5.65 Å². The van der Waals surface area contributed by atoms with Gasteiger partial charge in [-0.25, -0.2) is 13.9 Å². The zero-order valence-electron chi connectivity index (χ0n) is 19.4. The molecule has 1 atom stereocenters. The van der Waals surface area contributed by atoms with Gasteiger partial charge in [0.25, 0.3) is 0 Å². The van der Waals surface area contributed by atoms with Crippen LogP contribution in [0.15, 0.2) is 30.3 Å². The standard InChI is InChI=1S/C25H32FN5O/c1-16(2)27-25(32)10-9-22-17(3)28-24-13-23(29-31(24)18(22)4)20-11-12-30(15-20)14-19-5-7-21(26)8-6-19/h5-8,13,16,20H,9-12,14-15H2,1-4H3,(H,27,32). The van der Waals surface area contributed by atoms with Crippen molar-refractivity contribution < 1.29 is 9.18 Å². The van der Waals surface area contributed by atoms with Crippen molar-refractivity contribution in [3.05, 3.63) is 64.4 Å². The number of aromatic nitrogens is 3. The number of halogens is 1. The molecule has 1 aliphatic rings. The summed E-state index contributed by atoms with van der Waals surface area (Å²) in [5.41, 5.74) is 6.16. The van der Waals surface area contributed by atoms with Gasteiger partial charge in [-0.05, 0) is 70.3 Å². The van der Waals surface area contributed by atoms with Crippen molar-refractivity contribution in [2.45, 2.75) is 65.5 Å². The molecule has 0 radical (unpaired) electrons. The van der Waals surface area contributed by atoms with E-state index < -0.39 is 0 Å². The summed E-state index contributed by atoms with van der Waals surface area (Å²) >= 11 is 0. The number of fused-ring (bicyclic) bond motifs is 1. The Labute approximate surface area is 188 Å². The number of amides is 1. The molecule has 3 aromatic rings. The van der Waals surface area contributed by atoms with E-state index in [4.69, 9.17) is 10.1 Å². The van der Waals surface area contributed by atoms with Crippen LogP contribution >= 0.6 is 0 Å². The third-order valence-electron chi connectivity index (χ3n) is 6.24. The molecule has 1 N–H and O–H groups in total. The Morgan fingerprint density at radius 1 is 1.25 bits per heavy atom. The average molecular weight is 438 g/mol. The summed E-state index contributed by atoms with van der Waals surface area (Å²) in [7, 11) is 0. The Bertz CT molecular complexity index is 1110. The minimum absolute atomic E-state index is 0.0623. The first-order chi connectivity index (χ1) is 15.3. The SMILES string of the molecule is Cc1nc2cc(C3CCN(Cc4ccc(F)cc4)C3)nn2c(C)c1CCC(=O)NC(C)C. The highest BCUT2D eigenvalue weighted by Crippen LogP contribution is 2.29. The topological polar surface area (TPSA) is 62.5 Å². The third kappa shape index (κ3) is 4.99. The van der Waals surface area contributed by atoms with Crippen molar-refractivity contribution in [1.29, 1.82) is 0 Å². The van der Waals surface area contributed by atoms with Crippen LogP contribution in [0, 0.1) is 19.7 Å². The molecule has 1 saturated heterocycles. The lowest BCUT2D eigenvalue weighted by molar-refractivity contribution is -0.121. The fourth-order valence-electron chi connectivity index (χ4n) is 4.60. The minimum Gasteiger partial charge on any atom is -0.354 e. The molecule has 1 unspecified atom stereocenters. The van der Waals surface area contributed by atoms with Crippen molar-refractivity contribution in [3.63, 3.8) is 0 Å². The summed E-state index contributed by atoms with van der Waals surface area (Å²) in [5.74, 6) is 0.222. The molecule has 1 amide bonds. The molecule has 0 spiro atoms. The van der Waals surface area contributed by atoms with Crippen molar-refractivity contribution in [2.75, 3.05) is 13.1 Å². The van der Waals surface area contributed by atoms with Gasteiger partial charge in [-0.1, -0.05) is 12.1 Å². The lowest BCUT2D eigenvalue weighted by Gasteiger charge is -2.15. The second kappa shape index (κ2) is 9.36. The van der Waals surface area contributed by atoms with Gasteiger partial charge >= 0.3 is 0 Å². The first-order valence-electron chi connectivity index (χ1n) is 11.4. The van der Waals surface area contributed by atoms with Gasteiger partial charge in [0.15, 0.2) is 5.65 Å². The predicted molar refractivity (Wildman–Crippen MR) is 123 cm³/mol. The second-order valence-electron chi connectivity index (χ2n) is 9.17. The van der Waals surface area contributed by atoms with Gasteiger partial charge in [-0.3, -0.25) is 9.69 Å². The number of aryl methyl sites for hydroxylation is 2. The molecule has 1 aliphatic heterocycles. The molecular weight excluding hydrogens is 405 g/mol. The molecule has 6 nitrogen and oxygen atoms in total. The molecule has 1 aromatic carbocycles. The van der Waals surface area contributed by atoms with E-state index in [2.05, 4.69) is 23.2 Å². The molecule has 0 saturated carbocycles. The lowest BCUT2D eigenvalue weighted by Crippen LogP contribution is -2.30. The lowest BCUT2D eigenvalue weighted by atomic mass is 10.1. The quantitative estimate of drug-likeness (QED) is 0.608. The maximum Gasteiger partial charge on any atom is 0.220 e. The van der Waals surface area contributed by atoms with E-state index in [1.54, 1.807) is 0 Å². The first-order valence-corrected chi connectivity index (χ1v) is 11.4. The zero-order valence-corrected chi connectivity index (χ0v) is 19.4. The van der Waals surface area contributed by atoms with Gasteiger partial charge in [0.2, 0.25) is 5.91 Å². The summed E-state index contributed by atoms with van der Waals surface area (Å²) in [6, 6.07) is 8.99. The second-order valence-corrected chi connectivity index (χ2v) is 9.17. The third-order valence-corrected chi connectivity index (χ3v) is 6.24. The van der Waals surface area contributed by atoms with Gasteiger partial charge < -0.3 is 5.32 Å². The fourth-order valence-corrected chi connectivity index (χ4v) is 4.60. The number of benzene rings is 1. The Balaban J connectivity index is 1.47. The van der Waals surface area contributed by atoms with Crippen LogP contribution in [-0.2, 0) is 17.8 Å². The van der Waals surface area contributed by atoms with Crippen molar-refractivity contribution >= 4 is 11.6 Å². The van der Waals surface area contributed by atoms with E-state index in [1.807, 2.05) is 37.4 Å². The first kappa shape index (κ1) is 22.4. The van der Waals surface area contributed by atoms with Crippen molar-refractivity contribution in [1.82, 2.24) is 24.8 Å². The highest BCUT2D eigenvalue weighted by molar-refractivity contribution is 5.76. The summed E-state index contributed by atoms with van der Waals surface area (Å²) in [4.78, 5) is 19.3. The predicted octanol–water partition coefficient (Wildman–Crippen LogP) is 3.93. The van der Waals surface area contributed by atoms with E-state index in [1.165, 1.54) is 12.1 Å². The van der Waals surface area contributed by atoms with Gasteiger partial charge in [-0.15, -0.1) is 0 Å². The smallest absolute Gasteiger partial charge is 0.220 e. The monoisotopic (exact) mass is 437 g/mol. The molecule has 7 heteroatoms. The molecule has 0 bridgehead atoms. The molecule has 3 heterocycles. The van der Waals surface area contributed by atoms with Crippen LogP contribution in [0.1, 0.15) is 60.8 Å². The number of nitrogens with one attached hydrogen (secondary N) is 1. The molecule has 1 fully saturated rings. The van der Waals surface area contributed by atoms with Gasteiger partial charge in [0.1, 0.15) is 5.82 Å². The summed E-state index contributed by atoms with van der Waals surface area (Å²) < 4.78 is 15.1. The van der Waals surface area contributed by atoms with Crippen molar-refractivity contribution in [3.8, 4) is 0 Å². The van der Waals surface area contributed by atoms with E-state index in [0.717, 1.165) is 59.9 Å². The van der Waals surface area contributed by atoms with Crippen LogP contribution in [0.5, 0.6) is 0 Å². The Hall–Kier alpha value is -2.80. The van der Waals surface area contributed by atoms with Crippen LogP contribution in [0.2, 0.25) is 0 Å². The van der Waals surface area contributed by atoms with Gasteiger partial charge in [0, 0.05) is 48.9 Å². The molecule has 170 valence electrons. The zero-order chi connectivity index (χ0) is 22.8. The molecule has 32 heavy (non-hydrogen) atoms. The maximum atomic E-state index is 13.2. The van der Waals surface area contributed by atoms with Crippen LogP contribution < -0.4 is 5.32 Å². The van der Waals surface area contributed by atoms with E-state index in [9.17, 15) is 9.18 Å². The fraction of sp³-hybridized carbons (Fsp3) is 0.480. The minimum atomic E-state index is -0.198. The number of carbonyl (C=O) groups excluding carboxylic acids is 1. The Morgan fingerprint density at radius 2 is 2.00 bits per heavy atom. The largest absolute Gasteiger partial charge is 0.354 e. The van der Waals surface area contributed by atoms with Crippen LogP contribution in [0.3, 0.4) is 0 Å².